The predicted octanol–water partition coefficient (Wildman–Crippen LogP) is 3.97. The fraction of sp³-hybridized carbons (Fsp3) is 0.188. The Morgan fingerprint density at radius 1 is 1.24 bits per heavy atom. The van der Waals surface area contributed by atoms with Gasteiger partial charge in [-0.05, 0) is 46.3 Å². The van der Waals surface area contributed by atoms with Crippen LogP contribution in [0.4, 0.5) is 5.69 Å². The summed E-state index contributed by atoms with van der Waals surface area (Å²) in [6.07, 6.45) is 0. The van der Waals surface area contributed by atoms with Crippen LogP contribution in [0.25, 0.3) is 0 Å². The molecule has 0 bridgehead atoms. The Morgan fingerprint density at radius 2 is 1.95 bits per heavy atom. The lowest BCUT2D eigenvalue weighted by atomic mass is 10.2. The largest absolute Gasteiger partial charge is 0.373 e. The third-order valence-electron chi connectivity index (χ3n) is 3.11. The first kappa shape index (κ1) is 15.9. The average Bonchev–Trinajstić information content (AvgIpc) is 2.47. The van der Waals surface area contributed by atoms with Crippen LogP contribution in [0.15, 0.2) is 53.0 Å². The van der Waals surface area contributed by atoms with Gasteiger partial charge in [-0.1, -0.05) is 29.8 Å². The van der Waals surface area contributed by atoms with E-state index in [1.807, 2.05) is 37.4 Å². The van der Waals surface area contributed by atoms with Gasteiger partial charge >= 0.3 is 0 Å². The number of rotatable bonds is 5. The molecule has 0 spiro atoms. The molecule has 2 aromatic rings. The second-order valence-corrected chi connectivity index (χ2v) is 5.93. The number of nitrogens with zero attached hydrogens (tertiary/aromatic N) is 1. The molecule has 2 aromatic carbocycles. The fourth-order valence-electron chi connectivity index (χ4n) is 1.92. The molecule has 0 fully saturated rings. The maximum absolute atomic E-state index is 12.1. The Balaban J connectivity index is 1.87. The number of nitrogens with one attached hydrogen (secondary N) is 1. The highest BCUT2D eigenvalue weighted by molar-refractivity contribution is 9.10. The van der Waals surface area contributed by atoms with Crippen LogP contribution in [0.2, 0.25) is 5.02 Å². The molecule has 0 aliphatic carbocycles. The van der Waals surface area contributed by atoms with E-state index >= 15 is 0 Å². The van der Waals surface area contributed by atoms with Gasteiger partial charge < -0.3 is 10.2 Å². The van der Waals surface area contributed by atoms with Gasteiger partial charge in [-0.3, -0.25) is 4.79 Å². The van der Waals surface area contributed by atoms with E-state index in [9.17, 15) is 4.79 Å². The third-order valence-corrected chi connectivity index (χ3v) is 4.00. The van der Waals surface area contributed by atoms with Crippen molar-refractivity contribution in [2.45, 2.75) is 0 Å². The first-order valence-corrected chi connectivity index (χ1v) is 7.74. The van der Waals surface area contributed by atoms with Crippen LogP contribution in [0.3, 0.4) is 0 Å². The summed E-state index contributed by atoms with van der Waals surface area (Å²) in [4.78, 5) is 14.2. The molecule has 2 rings (SSSR count). The highest BCUT2D eigenvalue weighted by Crippen LogP contribution is 2.21. The second-order valence-electron chi connectivity index (χ2n) is 4.64. The van der Waals surface area contributed by atoms with Gasteiger partial charge in [-0.15, -0.1) is 0 Å². The second kappa shape index (κ2) is 7.48. The number of amides is 1. The molecule has 0 unspecified atom stereocenters. The fourth-order valence-corrected chi connectivity index (χ4v) is 2.78. The molecule has 3 nitrogen and oxygen atoms in total. The zero-order chi connectivity index (χ0) is 15.2. The molecular formula is C16H16BrClN2O. The number of carbonyl (C=O) groups is 1. The van der Waals surface area contributed by atoms with E-state index < -0.39 is 0 Å². The number of para-hydroxylation sites is 1. The quantitative estimate of drug-likeness (QED) is 0.867. The van der Waals surface area contributed by atoms with Gasteiger partial charge in [0.05, 0.1) is 5.56 Å². The van der Waals surface area contributed by atoms with E-state index in [2.05, 4.69) is 26.1 Å². The predicted molar refractivity (Wildman–Crippen MR) is 91.2 cm³/mol. The van der Waals surface area contributed by atoms with Crippen LogP contribution >= 0.6 is 27.5 Å². The molecule has 0 aromatic heterocycles. The zero-order valence-corrected chi connectivity index (χ0v) is 14.0. The van der Waals surface area contributed by atoms with E-state index in [4.69, 9.17) is 11.6 Å². The SMILES string of the molecule is CN(CCNC(=O)c1ccc(Cl)cc1Br)c1ccccc1. The van der Waals surface area contributed by atoms with Crippen LogP contribution in [-0.2, 0) is 0 Å². The first-order chi connectivity index (χ1) is 10.1. The van der Waals surface area contributed by atoms with Crippen LogP contribution < -0.4 is 10.2 Å². The van der Waals surface area contributed by atoms with Gasteiger partial charge in [0.1, 0.15) is 0 Å². The van der Waals surface area contributed by atoms with Gasteiger partial charge in [-0.2, -0.15) is 0 Å². The number of benzene rings is 2. The highest BCUT2D eigenvalue weighted by atomic mass is 79.9. The van der Waals surface area contributed by atoms with Crippen molar-refractivity contribution in [1.82, 2.24) is 5.32 Å². The summed E-state index contributed by atoms with van der Waals surface area (Å²) in [5.74, 6) is -0.111. The molecule has 0 saturated heterocycles. The lowest BCUT2D eigenvalue weighted by Crippen LogP contribution is -2.33. The van der Waals surface area contributed by atoms with Crippen molar-refractivity contribution in [2.75, 3.05) is 25.0 Å². The number of likely N-dealkylation sites (N-methyl/N-ethyl adjacent to an activating group) is 1. The van der Waals surface area contributed by atoms with Crippen LogP contribution in [0.1, 0.15) is 10.4 Å². The summed E-state index contributed by atoms with van der Waals surface area (Å²) in [5.41, 5.74) is 1.71. The first-order valence-electron chi connectivity index (χ1n) is 6.57. The molecule has 0 aliphatic heterocycles. The maximum Gasteiger partial charge on any atom is 0.252 e. The molecular weight excluding hydrogens is 352 g/mol. The number of hydrogen-bond donors (Lipinski definition) is 1. The van der Waals surface area contributed by atoms with Crippen LogP contribution in [0, 0.1) is 0 Å². The molecule has 1 amide bonds. The minimum Gasteiger partial charge on any atom is -0.373 e. The Hall–Kier alpha value is -1.52. The maximum atomic E-state index is 12.1. The molecule has 0 heterocycles. The van der Waals surface area contributed by atoms with Crippen molar-refractivity contribution < 1.29 is 4.79 Å². The van der Waals surface area contributed by atoms with Crippen molar-refractivity contribution in [1.29, 1.82) is 0 Å². The minimum atomic E-state index is -0.111. The van der Waals surface area contributed by atoms with Crippen LogP contribution in [0.5, 0.6) is 0 Å². The summed E-state index contributed by atoms with van der Waals surface area (Å²) in [6.45, 7) is 1.31. The van der Waals surface area contributed by atoms with Crippen LogP contribution in [-0.4, -0.2) is 26.0 Å². The zero-order valence-electron chi connectivity index (χ0n) is 11.6. The minimum absolute atomic E-state index is 0.111. The van der Waals surface area contributed by atoms with E-state index in [1.54, 1.807) is 18.2 Å². The Labute approximate surface area is 138 Å². The van der Waals surface area contributed by atoms with Crippen molar-refractivity contribution in [2.24, 2.45) is 0 Å². The summed E-state index contributed by atoms with van der Waals surface area (Å²) in [6, 6.07) is 15.2. The topological polar surface area (TPSA) is 32.3 Å². The van der Waals surface area contributed by atoms with Crippen molar-refractivity contribution >= 4 is 39.1 Å². The Bertz CT molecular complexity index is 619. The van der Waals surface area contributed by atoms with E-state index in [0.717, 1.165) is 12.2 Å². The number of anilines is 1. The lowest BCUT2D eigenvalue weighted by Gasteiger charge is -2.19. The van der Waals surface area contributed by atoms with Crippen molar-refractivity contribution in [3.05, 3.63) is 63.6 Å². The number of hydrogen-bond acceptors (Lipinski definition) is 2. The van der Waals surface area contributed by atoms with Gasteiger partial charge in [0.25, 0.3) is 5.91 Å². The average molecular weight is 368 g/mol. The normalized spacial score (nSPS) is 10.2. The molecule has 0 aliphatic rings. The lowest BCUT2D eigenvalue weighted by molar-refractivity contribution is 0.0954. The molecule has 0 atom stereocenters. The monoisotopic (exact) mass is 366 g/mol. The molecule has 0 radical (unpaired) electrons. The summed E-state index contributed by atoms with van der Waals surface area (Å²) in [7, 11) is 2.00. The molecule has 21 heavy (non-hydrogen) atoms. The van der Waals surface area contributed by atoms with Crippen molar-refractivity contribution in [3.8, 4) is 0 Å². The molecule has 110 valence electrons. The highest BCUT2D eigenvalue weighted by Gasteiger charge is 2.10. The Morgan fingerprint density at radius 3 is 2.62 bits per heavy atom. The van der Waals surface area contributed by atoms with Gasteiger partial charge in [-0.25, -0.2) is 0 Å². The summed E-state index contributed by atoms with van der Waals surface area (Å²) < 4.78 is 0.698. The van der Waals surface area contributed by atoms with Gasteiger partial charge in [0.2, 0.25) is 0 Å². The molecule has 1 N–H and O–H groups in total. The molecule has 5 heteroatoms. The Kier molecular flexibility index (Phi) is 5.65. The van der Waals surface area contributed by atoms with Gasteiger partial charge in [0.15, 0.2) is 0 Å². The number of carbonyl (C=O) groups excluding carboxylic acids is 1. The number of halogens is 2. The van der Waals surface area contributed by atoms with E-state index in [1.165, 1.54) is 0 Å². The summed E-state index contributed by atoms with van der Waals surface area (Å²) in [5, 5.41) is 3.51. The smallest absolute Gasteiger partial charge is 0.252 e. The third kappa shape index (κ3) is 4.48. The summed E-state index contributed by atoms with van der Waals surface area (Å²) >= 11 is 9.22. The van der Waals surface area contributed by atoms with Crippen molar-refractivity contribution in [3.63, 3.8) is 0 Å². The van der Waals surface area contributed by atoms with Gasteiger partial charge in [0, 0.05) is 35.3 Å². The van der Waals surface area contributed by atoms with E-state index in [0.29, 0.717) is 21.6 Å². The van der Waals surface area contributed by atoms with E-state index in [-0.39, 0.29) is 5.91 Å². The molecule has 0 saturated carbocycles. The standard InChI is InChI=1S/C16H16BrClN2O/c1-20(13-5-3-2-4-6-13)10-9-19-16(21)14-8-7-12(18)11-15(14)17/h2-8,11H,9-10H2,1H3,(H,19,21).